The zero-order valence-electron chi connectivity index (χ0n) is 9.39. The van der Waals surface area contributed by atoms with Gasteiger partial charge in [0.15, 0.2) is 6.10 Å². The van der Waals surface area contributed by atoms with Crippen molar-refractivity contribution >= 4 is 5.97 Å². The maximum Gasteiger partial charge on any atom is 0.338 e. The molecule has 1 fully saturated rings. The normalized spacial score (nSPS) is 22.8. The van der Waals surface area contributed by atoms with Gasteiger partial charge in [-0.05, 0) is 12.0 Å². The lowest BCUT2D eigenvalue weighted by Crippen LogP contribution is -2.13. The summed E-state index contributed by atoms with van der Waals surface area (Å²) in [5.74, 6) is -0.234. The molecule has 0 spiro atoms. The fourth-order valence-corrected chi connectivity index (χ4v) is 1.59. The van der Waals surface area contributed by atoms with Crippen LogP contribution >= 0.6 is 0 Å². The highest BCUT2D eigenvalue weighted by Crippen LogP contribution is 2.39. The first-order chi connectivity index (χ1) is 7.83. The number of carbonyl (C=O) groups is 1. The largest absolute Gasteiger partial charge is 0.464 e. The maximum atomic E-state index is 11.5. The van der Waals surface area contributed by atoms with Crippen LogP contribution in [0.4, 0.5) is 0 Å². The highest BCUT2D eigenvalue weighted by Gasteiger charge is 2.47. The highest BCUT2D eigenvalue weighted by molar-refractivity contribution is 5.78. The van der Waals surface area contributed by atoms with Crippen LogP contribution in [0.1, 0.15) is 31.4 Å². The molecule has 2 rings (SSSR count). The Morgan fingerprint density at radius 1 is 1.38 bits per heavy atom. The lowest BCUT2D eigenvalue weighted by molar-refractivity contribution is -0.145. The van der Waals surface area contributed by atoms with Crippen LogP contribution in [0.2, 0.25) is 0 Å². The van der Waals surface area contributed by atoms with E-state index in [0.717, 1.165) is 18.4 Å². The van der Waals surface area contributed by atoms with Gasteiger partial charge in [0.2, 0.25) is 0 Å². The van der Waals surface area contributed by atoms with Gasteiger partial charge in [-0.25, -0.2) is 4.79 Å². The van der Waals surface area contributed by atoms with E-state index < -0.39 is 0 Å². The molecule has 0 bridgehead atoms. The number of unbranched alkanes of at least 4 members (excludes halogenated alkanes) is 1. The molecule has 0 unspecified atom stereocenters. The van der Waals surface area contributed by atoms with E-state index in [1.165, 1.54) is 0 Å². The highest BCUT2D eigenvalue weighted by atomic mass is 16.6. The van der Waals surface area contributed by atoms with Crippen LogP contribution in [-0.4, -0.2) is 18.7 Å². The summed E-state index contributed by atoms with van der Waals surface area (Å²) in [6, 6.07) is 9.75. The fraction of sp³-hybridized carbons (Fsp3) is 0.462. The van der Waals surface area contributed by atoms with Crippen molar-refractivity contribution < 1.29 is 14.3 Å². The molecule has 0 radical (unpaired) electrons. The minimum absolute atomic E-state index is 0.102. The first-order valence-corrected chi connectivity index (χ1v) is 5.70. The Balaban J connectivity index is 1.80. The second-order valence-corrected chi connectivity index (χ2v) is 3.91. The predicted molar refractivity (Wildman–Crippen MR) is 59.9 cm³/mol. The van der Waals surface area contributed by atoms with Crippen LogP contribution in [0.15, 0.2) is 30.3 Å². The van der Waals surface area contributed by atoms with Gasteiger partial charge in [0.05, 0.1) is 6.61 Å². The third-order valence-corrected chi connectivity index (χ3v) is 2.59. The third kappa shape index (κ3) is 2.61. The van der Waals surface area contributed by atoms with Crippen LogP contribution in [-0.2, 0) is 14.3 Å². The van der Waals surface area contributed by atoms with Crippen molar-refractivity contribution in [2.24, 2.45) is 0 Å². The molecule has 0 aliphatic carbocycles. The first-order valence-electron chi connectivity index (χ1n) is 5.70. The van der Waals surface area contributed by atoms with Crippen molar-refractivity contribution in [2.75, 3.05) is 6.61 Å². The molecule has 2 atom stereocenters. The van der Waals surface area contributed by atoms with Gasteiger partial charge >= 0.3 is 5.97 Å². The van der Waals surface area contributed by atoms with Gasteiger partial charge in [0.25, 0.3) is 0 Å². The number of hydrogen-bond donors (Lipinski definition) is 0. The lowest BCUT2D eigenvalue weighted by Gasteiger charge is -2.00. The molecule has 0 saturated carbocycles. The standard InChI is InChI=1S/C13H16O3/c1-2-3-9-15-13(14)12-11(16-12)10-7-5-4-6-8-10/h4-8,11-12H,2-3,9H2,1H3/t11-,12-/m1/s1. The van der Waals surface area contributed by atoms with Crippen molar-refractivity contribution in [1.29, 1.82) is 0 Å². The van der Waals surface area contributed by atoms with Gasteiger partial charge < -0.3 is 9.47 Å². The number of hydrogen-bond acceptors (Lipinski definition) is 3. The molecule has 1 aromatic carbocycles. The van der Waals surface area contributed by atoms with E-state index in [-0.39, 0.29) is 18.2 Å². The van der Waals surface area contributed by atoms with Gasteiger partial charge in [-0.1, -0.05) is 43.7 Å². The Labute approximate surface area is 95.4 Å². The van der Waals surface area contributed by atoms with Gasteiger partial charge in [0.1, 0.15) is 6.10 Å². The lowest BCUT2D eigenvalue weighted by atomic mass is 10.1. The van der Waals surface area contributed by atoms with E-state index in [4.69, 9.17) is 9.47 Å². The van der Waals surface area contributed by atoms with Crippen molar-refractivity contribution in [3.63, 3.8) is 0 Å². The summed E-state index contributed by atoms with van der Waals surface area (Å²) in [5, 5.41) is 0. The molecule has 1 aliphatic rings. The average Bonchev–Trinajstić information content (AvgIpc) is 3.10. The Bertz CT molecular complexity index is 347. The fourth-order valence-electron chi connectivity index (χ4n) is 1.59. The van der Waals surface area contributed by atoms with Crippen LogP contribution in [0, 0.1) is 0 Å². The minimum Gasteiger partial charge on any atom is -0.464 e. The summed E-state index contributed by atoms with van der Waals surface area (Å²) in [6.45, 7) is 2.56. The van der Waals surface area contributed by atoms with Gasteiger partial charge in [-0.15, -0.1) is 0 Å². The molecule has 16 heavy (non-hydrogen) atoms. The zero-order chi connectivity index (χ0) is 11.4. The SMILES string of the molecule is CCCCOC(=O)[C@@H]1O[C@@H]1c1ccccc1. The Kier molecular flexibility index (Phi) is 3.57. The minimum atomic E-state index is -0.390. The molecular formula is C13H16O3. The smallest absolute Gasteiger partial charge is 0.338 e. The molecule has 3 nitrogen and oxygen atoms in total. The van der Waals surface area contributed by atoms with Gasteiger partial charge in [0, 0.05) is 0 Å². The number of esters is 1. The molecule has 1 aromatic rings. The Hall–Kier alpha value is -1.35. The molecular weight excluding hydrogens is 204 g/mol. The van der Waals surface area contributed by atoms with Crippen molar-refractivity contribution in [2.45, 2.75) is 32.0 Å². The average molecular weight is 220 g/mol. The van der Waals surface area contributed by atoms with E-state index in [0.29, 0.717) is 6.61 Å². The van der Waals surface area contributed by atoms with E-state index in [9.17, 15) is 4.79 Å². The second kappa shape index (κ2) is 5.12. The summed E-state index contributed by atoms with van der Waals surface area (Å²) < 4.78 is 10.4. The molecule has 86 valence electrons. The number of ether oxygens (including phenoxy) is 2. The summed E-state index contributed by atoms with van der Waals surface area (Å²) >= 11 is 0. The van der Waals surface area contributed by atoms with Gasteiger partial charge in [-0.2, -0.15) is 0 Å². The maximum absolute atomic E-state index is 11.5. The number of carbonyl (C=O) groups excluding carboxylic acids is 1. The third-order valence-electron chi connectivity index (χ3n) is 2.59. The van der Waals surface area contributed by atoms with Crippen molar-refractivity contribution in [3.8, 4) is 0 Å². The second-order valence-electron chi connectivity index (χ2n) is 3.91. The molecule has 0 amide bonds. The van der Waals surface area contributed by atoms with Crippen LogP contribution in [0.5, 0.6) is 0 Å². The number of rotatable bonds is 5. The van der Waals surface area contributed by atoms with E-state index in [1.54, 1.807) is 0 Å². The Morgan fingerprint density at radius 3 is 2.81 bits per heavy atom. The van der Waals surface area contributed by atoms with Crippen LogP contribution in [0.3, 0.4) is 0 Å². The zero-order valence-corrected chi connectivity index (χ0v) is 9.39. The van der Waals surface area contributed by atoms with Crippen LogP contribution in [0.25, 0.3) is 0 Å². The quantitative estimate of drug-likeness (QED) is 0.434. The van der Waals surface area contributed by atoms with Crippen molar-refractivity contribution in [3.05, 3.63) is 35.9 Å². The topological polar surface area (TPSA) is 38.8 Å². The molecule has 0 N–H and O–H groups in total. The monoisotopic (exact) mass is 220 g/mol. The Morgan fingerprint density at radius 2 is 2.12 bits per heavy atom. The van der Waals surface area contributed by atoms with Gasteiger partial charge in [-0.3, -0.25) is 0 Å². The molecule has 1 heterocycles. The molecule has 1 saturated heterocycles. The predicted octanol–water partition coefficient (Wildman–Crippen LogP) is 2.47. The number of benzene rings is 1. The summed E-state index contributed by atoms with van der Waals surface area (Å²) in [7, 11) is 0. The number of epoxide rings is 1. The first kappa shape index (κ1) is 11.1. The molecule has 3 heteroatoms. The van der Waals surface area contributed by atoms with E-state index in [1.807, 2.05) is 30.3 Å². The van der Waals surface area contributed by atoms with Crippen LogP contribution < -0.4 is 0 Å². The summed E-state index contributed by atoms with van der Waals surface area (Å²) in [4.78, 5) is 11.5. The summed E-state index contributed by atoms with van der Waals surface area (Å²) in [6.07, 6.45) is 1.45. The van der Waals surface area contributed by atoms with E-state index in [2.05, 4.69) is 6.92 Å². The molecule has 0 aromatic heterocycles. The van der Waals surface area contributed by atoms with E-state index >= 15 is 0 Å². The molecule has 1 aliphatic heterocycles. The summed E-state index contributed by atoms with van der Waals surface area (Å²) in [5.41, 5.74) is 1.04. The van der Waals surface area contributed by atoms with Crippen molar-refractivity contribution in [1.82, 2.24) is 0 Å².